The van der Waals surface area contributed by atoms with E-state index in [1.807, 2.05) is 12.1 Å². The first-order valence-electron chi connectivity index (χ1n) is 9.73. The molecule has 2 fully saturated rings. The van der Waals surface area contributed by atoms with Gasteiger partial charge in [0.25, 0.3) is 0 Å². The average molecular weight is 403 g/mol. The lowest BCUT2D eigenvalue weighted by Crippen LogP contribution is -2.34. The first kappa shape index (κ1) is 17.4. The van der Waals surface area contributed by atoms with E-state index in [1.165, 1.54) is 18.4 Å². The third kappa shape index (κ3) is 3.57. The summed E-state index contributed by atoms with van der Waals surface area (Å²) in [5.41, 5.74) is 2.33. The van der Waals surface area contributed by atoms with Gasteiger partial charge in [-0.15, -0.1) is 0 Å². The Morgan fingerprint density at radius 1 is 1.07 bits per heavy atom. The van der Waals surface area contributed by atoms with E-state index >= 15 is 0 Å². The predicted molar refractivity (Wildman–Crippen MR) is 109 cm³/mol. The molecule has 0 bridgehead atoms. The highest BCUT2D eigenvalue weighted by atomic mass is 35.5. The first-order chi connectivity index (χ1) is 13.2. The zero-order valence-electron chi connectivity index (χ0n) is 15.2. The maximum absolute atomic E-state index is 12.4. The molecular weight excluding hydrogens is 380 g/mol. The normalized spacial score (nSPS) is 22.7. The molecule has 1 aliphatic carbocycles. The Balaban J connectivity index is 1.35. The number of rotatable bonds is 4. The Morgan fingerprint density at radius 3 is 2.52 bits per heavy atom. The minimum atomic E-state index is -0.961. The molecule has 1 N–H and O–H groups in total. The van der Waals surface area contributed by atoms with E-state index in [2.05, 4.69) is 22.3 Å². The van der Waals surface area contributed by atoms with Gasteiger partial charge in [0.05, 0.1) is 16.5 Å². The molecule has 2 aliphatic heterocycles. The summed E-state index contributed by atoms with van der Waals surface area (Å²) in [5.74, 6) is 2.84. The van der Waals surface area contributed by atoms with Crippen molar-refractivity contribution in [3.05, 3.63) is 40.5 Å². The quantitative estimate of drug-likeness (QED) is 0.843. The number of aromatic nitrogens is 2. The molecule has 0 amide bonds. The molecule has 0 spiro atoms. The number of hydrogen-bond acceptors (Lipinski definition) is 5. The van der Waals surface area contributed by atoms with Crippen LogP contribution in [0.1, 0.15) is 42.9 Å². The number of anilines is 2. The van der Waals surface area contributed by atoms with Crippen LogP contribution in [0.15, 0.2) is 29.2 Å². The van der Waals surface area contributed by atoms with E-state index in [-0.39, 0.29) is 0 Å². The standard InChI is InChI=1S/C20H23ClN4OS/c21-15-3-1-13(2-4-15)14-7-10-25(11-8-14)20-23-17-9-12-27(26)18(17)19(24-20)22-16-5-6-16/h1-4,14,16H,5-12H2,(H,22,23,24). The van der Waals surface area contributed by atoms with E-state index in [0.29, 0.717) is 17.7 Å². The minimum absolute atomic E-state index is 0.491. The van der Waals surface area contributed by atoms with Crippen molar-refractivity contribution in [1.29, 1.82) is 0 Å². The molecule has 0 radical (unpaired) electrons. The number of nitrogens with one attached hydrogen (secondary N) is 1. The smallest absolute Gasteiger partial charge is 0.227 e. The van der Waals surface area contributed by atoms with Crippen LogP contribution in [-0.2, 0) is 17.2 Å². The number of benzene rings is 1. The summed E-state index contributed by atoms with van der Waals surface area (Å²) in [6.45, 7) is 1.88. The van der Waals surface area contributed by atoms with Crippen LogP contribution in [0, 0.1) is 0 Å². The number of fused-ring (bicyclic) bond motifs is 1. The summed E-state index contributed by atoms with van der Waals surface area (Å²) in [4.78, 5) is 12.7. The highest BCUT2D eigenvalue weighted by Crippen LogP contribution is 2.35. The molecule has 5 rings (SSSR count). The Labute approximate surface area is 167 Å². The van der Waals surface area contributed by atoms with Gasteiger partial charge in [-0.3, -0.25) is 4.21 Å². The van der Waals surface area contributed by atoms with Gasteiger partial charge >= 0.3 is 0 Å². The second-order valence-electron chi connectivity index (χ2n) is 7.68. The molecule has 7 heteroatoms. The van der Waals surface area contributed by atoms with E-state index in [9.17, 15) is 4.21 Å². The maximum Gasteiger partial charge on any atom is 0.227 e. The summed E-state index contributed by atoms with van der Waals surface area (Å²) in [5, 5.41) is 4.27. The predicted octanol–water partition coefficient (Wildman–Crippen LogP) is 3.75. The lowest BCUT2D eigenvalue weighted by molar-refractivity contribution is 0.499. The van der Waals surface area contributed by atoms with Crippen molar-refractivity contribution >= 4 is 34.2 Å². The molecule has 1 saturated heterocycles. The van der Waals surface area contributed by atoms with Crippen LogP contribution in [-0.4, -0.2) is 39.1 Å². The third-order valence-corrected chi connectivity index (χ3v) is 7.42. The van der Waals surface area contributed by atoms with Gasteiger partial charge in [0, 0.05) is 36.3 Å². The van der Waals surface area contributed by atoms with Crippen molar-refractivity contribution in [2.24, 2.45) is 0 Å². The molecule has 1 unspecified atom stereocenters. The van der Waals surface area contributed by atoms with Crippen molar-refractivity contribution in [3.63, 3.8) is 0 Å². The van der Waals surface area contributed by atoms with Gasteiger partial charge in [-0.25, -0.2) is 4.98 Å². The van der Waals surface area contributed by atoms with Gasteiger partial charge in [-0.2, -0.15) is 4.98 Å². The summed E-state index contributed by atoms with van der Waals surface area (Å²) < 4.78 is 12.4. The Bertz CT molecular complexity index is 876. The summed E-state index contributed by atoms with van der Waals surface area (Å²) in [7, 11) is -0.961. The molecule has 2 aromatic rings. The van der Waals surface area contributed by atoms with E-state index in [1.54, 1.807) is 0 Å². The Hall–Kier alpha value is -1.66. The number of halogens is 1. The molecular formula is C20H23ClN4OS. The summed E-state index contributed by atoms with van der Waals surface area (Å²) >= 11 is 6.01. The highest BCUT2D eigenvalue weighted by molar-refractivity contribution is 7.85. The highest BCUT2D eigenvalue weighted by Gasteiger charge is 2.31. The van der Waals surface area contributed by atoms with Crippen molar-refractivity contribution in [3.8, 4) is 0 Å². The molecule has 3 heterocycles. The molecule has 142 valence electrons. The van der Waals surface area contributed by atoms with Crippen LogP contribution in [0.4, 0.5) is 11.8 Å². The fourth-order valence-corrected chi connectivity index (χ4v) is 5.43. The lowest BCUT2D eigenvalue weighted by Gasteiger charge is -2.32. The van der Waals surface area contributed by atoms with E-state index < -0.39 is 10.8 Å². The third-order valence-electron chi connectivity index (χ3n) is 5.71. The molecule has 5 nitrogen and oxygen atoms in total. The summed E-state index contributed by atoms with van der Waals surface area (Å²) in [6.07, 6.45) is 5.30. The van der Waals surface area contributed by atoms with E-state index in [0.717, 1.165) is 59.7 Å². The number of piperidine rings is 1. The van der Waals surface area contributed by atoms with Crippen molar-refractivity contribution in [1.82, 2.24) is 9.97 Å². The Kier molecular flexibility index (Phi) is 4.56. The molecule has 3 aliphatic rings. The second kappa shape index (κ2) is 7.06. The fourth-order valence-electron chi connectivity index (χ4n) is 3.99. The lowest BCUT2D eigenvalue weighted by atomic mass is 9.89. The zero-order valence-corrected chi connectivity index (χ0v) is 16.7. The summed E-state index contributed by atoms with van der Waals surface area (Å²) in [6, 6.07) is 8.72. The Morgan fingerprint density at radius 2 is 1.81 bits per heavy atom. The first-order valence-corrected chi connectivity index (χ1v) is 11.4. The van der Waals surface area contributed by atoms with Crippen LogP contribution in [0.2, 0.25) is 5.02 Å². The van der Waals surface area contributed by atoms with Gasteiger partial charge in [0.15, 0.2) is 0 Å². The molecule has 1 atom stereocenters. The van der Waals surface area contributed by atoms with Crippen LogP contribution < -0.4 is 10.2 Å². The largest absolute Gasteiger partial charge is 0.366 e. The van der Waals surface area contributed by atoms with Gasteiger partial charge in [-0.1, -0.05) is 23.7 Å². The van der Waals surface area contributed by atoms with Gasteiger partial charge in [0.1, 0.15) is 10.7 Å². The maximum atomic E-state index is 12.4. The van der Waals surface area contributed by atoms with Crippen molar-refractivity contribution < 1.29 is 4.21 Å². The second-order valence-corrected chi connectivity index (χ2v) is 9.62. The molecule has 1 saturated carbocycles. The fraction of sp³-hybridized carbons (Fsp3) is 0.500. The van der Waals surface area contributed by atoms with Crippen molar-refractivity contribution in [2.45, 2.75) is 49.0 Å². The topological polar surface area (TPSA) is 58.1 Å². The average Bonchev–Trinajstić information content (AvgIpc) is 3.43. The van der Waals surface area contributed by atoms with Crippen molar-refractivity contribution in [2.75, 3.05) is 29.1 Å². The molecule has 27 heavy (non-hydrogen) atoms. The zero-order chi connectivity index (χ0) is 18.4. The number of nitrogens with zero attached hydrogens (tertiary/aromatic N) is 3. The molecule has 1 aromatic carbocycles. The van der Waals surface area contributed by atoms with E-state index in [4.69, 9.17) is 21.6 Å². The number of hydrogen-bond donors (Lipinski definition) is 1. The van der Waals surface area contributed by atoms with Gasteiger partial charge in [0.2, 0.25) is 5.95 Å². The SMILES string of the molecule is O=S1CCc2nc(N3CCC(c4ccc(Cl)cc4)CC3)nc(NC3CC3)c21. The minimum Gasteiger partial charge on any atom is -0.366 e. The molecule has 1 aromatic heterocycles. The van der Waals surface area contributed by atoms with Crippen LogP contribution >= 0.6 is 11.6 Å². The van der Waals surface area contributed by atoms with Crippen LogP contribution in [0.5, 0.6) is 0 Å². The monoisotopic (exact) mass is 402 g/mol. The van der Waals surface area contributed by atoms with Gasteiger partial charge in [-0.05, 0) is 49.3 Å². The van der Waals surface area contributed by atoms with Gasteiger partial charge < -0.3 is 10.2 Å². The number of aryl methyl sites for hydroxylation is 1. The van der Waals surface area contributed by atoms with Crippen LogP contribution in [0.3, 0.4) is 0 Å². The van der Waals surface area contributed by atoms with Crippen LogP contribution in [0.25, 0.3) is 0 Å².